The molecule has 0 atom stereocenters. The van der Waals surface area contributed by atoms with E-state index in [-0.39, 0.29) is 0 Å². The standard InChI is InChI=1S/C10H15N.C5H12/c1-3-9-4-6-10(7-5-9)8-11-2;1-3-5-4-2/h4-7,11H,3,8H2,1-2H3;3-5H2,1-2H3. The van der Waals surface area contributed by atoms with E-state index in [1.54, 1.807) is 0 Å². The fourth-order valence-electron chi connectivity index (χ4n) is 1.45. The van der Waals surface area contributed by atoms with Crippen molar-refractivity contribution in [2.45, 2.75) is 53.0 Å². The molecule has 0 aliphatic rings. The number of hydrogen-bond donors (Lipinski definition) is 1. The lowest BCUT2D eigenvalue weighted by atomic mass is 10.1. The summed E-state index contributed by atoms with van der Waals surface area (Å²) in [6, 6.07) is 8.73. The summed E-state index contributed by atoms with van der Waals surface area (Å²) in [4.78, 5) is 0. The fourth-order valence-corrected chi connectivity index (χ4v) is 1.45. The van der Waals surface area contributed by atoms with Crippen molar-refractivity contribution in [3.63, 3.8) is 0 Å². The van der Waals surface area contributed by atoms with E-state index in [1.807, 2.05) is 7.05 Å². The third-order valence-electron chi connectivity index (χ3n) is 2.52. The summed E-state index contributed by atoms with van der Waals surface area (Å²) in [5.74, 6) is 0. The van der Waals surface area contributed by atoms with Gasteiger partial charge in [-0.05, 0) is 24.6 Å². The first-order chi connectivity index (χ1) is 7.78. The van der Waals surface area contributed by atoms with E-state index in [0.717, 1.165) is 13.0 Å². The van der Waals surface area contributed by atoms with E-state index in [9.17, 15) is 0 Å². The normalized spacial score (nSPS) is 9.50. The molecule has 1 heteroatoms. The second-order valence-corrected chi connectivity index (χ2v) is 4.05. The first-order valence-corrected chi connectivity index (χ1v) is 6.50. The van der Waals surface area contributed by atoms with Gasteiger partial charge in [-0.1, -0.05) is 64.3 Å². The molecule has 16 heavy (non-hydrogen) atoms. The second kappa shape index (κ2) is 10.7. The summed E-state index contributed by atoms with van der Waals surface area (Å²) >= 11 is 0. The summed E-state index contributed by atoms with van der Waals surface area (Å²) in [6.07, 6.45) is 5.20. The van der Waals surface area contributed by atoms with Crippen LogP contribution in [0.1, 0.15) is 51.2 Å². The third kappa shape index (κ3) is 7.47. The average molecular weight is 221 g/mol. The van der Waals surface area contributed by atoms with Crippen molar-refractivity contribution in [2.24, 2.45) is 0 Å². The second-order valence-electron chi connectivity index (χ2n) is 4.05. The van der Waals surface area contributed by atoms with Crippen LogP contribution in [-0.4, -0.2) is 7.05 Å². The maximum absolute atomic E-state index is 3.12. The predicted molar refractivity (Wildman–Crippen MR) is 73.8 cm³/mol. The summed E-state index contributed by atoms with van der Waals surface area (Å²) in [7, 11) is 1.97. The van der Waals surface area contributed by atoms with E-state index in [2.05, 4.69) is 50.4 Å². The molecule has 0 aliphatic heterocycles. The van der Waals surface area contributed by atoms with Crippen LogP contribution in [0.4, 0.5) is 0 Å². The number of rotatable bonds is 5. The van der Waals surface area contributed by atoms with Gasteiger partial charge in [-0.3, -0.25) is 0 Å². The SMILES string of the molecule is CCCCC.CCc1ccc(CNC)cc1. The first kappa shape index (κ1) is 15.2. The number of aryl methyl sites for hydroxylation is 1. The molecular weight excluding hydrogens is 194 g/mol. The highest BCUT2D eigenvalue weighted by atomic mass is 14.8. The van der Waals surface area contributed by atoms with E-state index in [1.165, 1.54) is 30.4 Å². The molecule has 0 aromatic heterocycles. The topological polar surface area (TPSA) is 12.0 Å². The molecule has 0 unspecified atom stereocenters. The number of unbranched alkanes of at least 4 members (excludes halogenated alkanes) is 2. The maximum Gasteiger partial charge on any atom is 0.0202 e. The zero-order valence-electron chi connectivity index (χ0n) is 11.3. The Morgan fingerprint density at radius 3 is 1.69 bits per heavy atom. The average Bonchev–Trinajstić information content (AvgIpc) is 2.32. The minimum Gasteiger partial charge on any atom is -0.316 e. The molecular formula is C15H27N. The predicted octanol–water partition coefficient (Wildman–Crippen LogP) is 4.16. The van der Waals surface area contributed by atoms with Crippen LogP contribution in [0.5, 0.6) is 0 Å². The highest BCUT2D eigenvalue weighted by molar-refractivity contribution is 5.22. The molecule has 0 fully saturated rings. The molecule has 1 rings (SSSR count). The van der Waals surface area contributed by atoms with Crippen molar-refractivity contribution in [3.8, 4) is 0 Å². The van der Waals surface area contributed by atoms with Gasteiger partial charge in [0.15, 0.2) is 0 Å². The number of nitrogens with one attached hydrogen (secondary N) is 1. The first-order valence-electron chi connectivity index (χ1n) is 6.50. The van der Waals surface area contributed by atoms with Crippen molar-refractivity contribution in [1.82, 2.24) is 5.32 Å². The van der Waals surface area contributed by atoms with Crippen molar-refractivity contribution in [2.75, 3.05) is 7.05 Å². The Morgan fingerprint density at radius 2 is 1.38 bits per heavy atom. The van der Waals surface area contributed by atoms with E-state index in [4.69, 9.17) is 0 Å². The zero-order valence-corrected chi connectivity index (χ0v) is 11.3. The van der Waals surface area contributed by atoms with Gasteiger partial charge >= 0.3 is 0 Å². The van der Waals surface area contributed by atoms with Gasteiger partial charge in [-0.15, -0.1) is 0 Å². The van der Waals surface area contributed by atoms with Crippen LogP contribution in [0.15, 0.2) is 24.3 Å². The Balaban J connectivity index is 0.000000385. The van der Waals surface area contributed by atoms with Crippen molar-refractivity contribution in [1.29, 1.82) is 0 Å². The van der Waals surface area contributed by atoms with Crippen LogP contribution in [0.3, 0.4) is 0 Å². The monoisotopic (exact) mass is 221 g/mol. The smallest absolute Gasteiger partial charge is 0.0202 e. The minimum atomic E-state index is 0.962. The van der Waals surface area contributed by atoms with Crippen LogP contribution in [0, 0.1) is 0 Å². The molecule has 0 aliphatic carbocycles. The Kier molecular flexibility index (Phi) is 10.1. The van der Waals surface area contributed by atoms with Gasteiger partial charge in [-0.25, -0.2) is 0 Å². The van der Waals surface area contributed by atoms with Crippen LogP contribution in [0.2, 0.25) is 0 Å². The van der Waals surface area contributed by atoms with Gasteiger partial charge in [0.2, 0.25) is 0 Å². The zero-order chi connectivity index (χ0) is 12.2. The van der Waals surface area contributed by atoms with Crippen molar-refractivity contribution >= 4 is 0 Å². The van der Waals surface area contributed by atoms with Crippen molar-refractivity contribution < 1.29 is 0 Å². The van der Waals surface area contributed by atoms with Crippen LogP contribution in [0.25, 0.3) is 0 Å². The van der Waals surface area contributed by atoms with Gasteiger partial charge in [-0.2, -0.15) is 0 Å². The molecule has 0 saturated heterocycles. The summed E-state index contributed by atoms with van der Waals surface area (Å²) in [5, 5.41) is 3.12. The Hall–Kier alpha value is -0.820. The van der Waals surface area contributed by atoms with Crippen LogP contribution in [-0.2, 0) is 13.0 Å². The number of hydrogen-bond acceptors (Lipinski definition) is 1. The molecule has 0 bridgehead atoms. The Bertz CT molecular complexity index is 236. The van der Waals surface area contributed by atoms with Gasteiger partial charge in [0.25, 0.3) is 0 Å². The lowest BCUT2D eigenvalue weighted by molar-refractivity contribution is 0.772. The lowest BCUT2D eigenvalue weighted by Crippen LogP contribution is -2.04. The third-order valence-corrected chi connectivity index (χ3v) is 2.52. The summed E-state index contributed by atoms with van der Waals surface area (Å²) < 4.78 is 0. The fraction of sp³-hybridized carbons (Fsp3) is 0.600. The molecule has 1 nitrogen and oxygen atoms in total. The minimum absolute atomic E-state index is 0.962. The molecule has 0 spiro atoms. The molecule has 1 N–H and O–H groups in total. The molecule has 0 radical (unpaired) electrons. The molecule has 1 aromatic carbocycles. The highest BCUT2D eigenvalue weighted by Gasteiger charge is 1.90. The van der Waals surface area contributed by atoms with Gasteiger partial charge in [0, 0.05) is 6.54 Å². The van der Waals surface area contributed by atoms with E-state index < -0.39 is 0 Å². The molecule has 0 amide bonds. The van der Waals surface area contributed by atoms with E-state index in [0.29, 0.717) is 0 Å². The van der Waals surface area contributed by atoms with Crippen LogP contribution < -0.4 is 5.32 Å². The van der Waals surface area contributed by atoms with Crippen molar-refractivity contribution in [3.05, 3.63) is 35.4 Å². The Labute approximate surface area is 101 Å². The summed E-state index contributed by atoms with van der Waals surface area (Å²) in [6.45, 7) is 7.56. The Morgan fingerprint density at radius 1 is 0.875 bits per heavy atom. The van der Waals surface area contributed by atoms with E-state index >= 15 is 0 Å². The van der Waals surface area contributed by atoms with Gasteiger partial charge < -0.3 is 5.32 Å². The maximum atomic E-state index is 3.12. The van der Waals surface area contributed by atoms with Gasteiger partial charge in [0.05, 0.1) is 0 Å². The molecule has 1 aromatic rings. The van der Waals surface area contributed by atoms with Gasteiger partial charge in [0.1, 0.15) is 0 Å². The molecule has 92 valence electrons. The lowest BCUT2D eigenvalue weighted by Gasteiger charge is -2.00. The quantitative estimate of drug-likeness (QED) is 0.787. The largest absolute Gasteiger partial charge is 0.316 e. The molecule has 0 saturated carbocycles. The number of benzene rings is 1. The molecule has 0 heterocycles. The van der Waals surface area contributed by atoms with Crippen LogP contribution >= 0.6 is 0 Å². The summed E-state index contributed by atoms with van der Waals surface area (Å²) in [5.41, 5.74) is 2.76. The highest BCUT2D eigenvalue weighted by Crippen LogP contribution is 2.03.